The van der Waals surface area contributed by atoms with Gasteiger partial charge in [-0.05, 0) is 19.3 Å². The molecule has 0 amide bonds. The van der Waals surface area contributed by atoms with Gasteiger partial charge >= 0.3 is 0 Å². The number of rotatable bonds is 4. The molecule has 0 aromatic carbocycles. The molecule has 1 saturated carbocycles. The van der Waals surface area contributed by atoms with Gasteiger partial charge < -0.3 is 0 Å². The molecule has 0 heterocycles. The Labute approximate surface area is 92.2 Å². The first-order chi connectivity index (χ1) is 6.89. The van der Waals surface area contributed by atoms with Crippen LogP contribution in [0.4, 0.5) is 4.39 Å². The van der Waals surface area contributed by atoms with Gasteiger partial charge in [0.1, 0.15) is 0 Å². The molecule has 2 nitrogen and oxygen atoms in total. The number of halogens is 1. The molecule has 0 bridgehead atoms. The molecule has 0 spiro atoms. The van der Waals surface area contributed by atoms with Crippen LogP contribution in [0.2, 0.25) is 0 Å². The van der Waals surface area contributed by atoms with Gasteiger partial charge in [-0.2, -0.15) is 0 Å². The molecule has 0 aliphatic heterocycles. The van der Waals surface area contributed by atoms with Gasteiger partial charge in [0, 0.05) is 0 Å². The lowest BCUT2D eigenvalue weighted by molar-refractivity contribution is 0.205. The first-order valence-corrected chi connectivity index (χ1v) is 7.45. The average Bonchev–Trinajstić information content (AvgIpc) is 2.18. The van der Waals surface area contributed by atoms with Crippen LogP contribution in [0.3, 0.4) is 0 Å². The molecule has 1 aliphatic rings. The van der Waals surface area contributed by atoms with E-state index in [1.807, 2.05) is 0 Å². The minimum Gasteiger partial charge on any atom is -0.227 e. The summed E-state index contributed by atoms with van der Waals surface area (Å²) in [5.41, 5.74) is 0. The molecular weight excluding hydrogens is 215 g/mol. The van der Waals surface area contributed by atoms with Gasteiger partial charge in [0.25, 0.3) is 0 Å². The molecule has 1 atom stereocenters. The predicted molar refractivity (Wildman–Crippen MR) is 60.2 cm³/mol. The summed E-state index contributed by atoms with van der Waals surface area (Å²) in [5.74, 6) is 0.155. The molecule has 90 valence electrons. The summed E-state index contributed by atoms with van der Waals surface area (Å²) in [7, 11) is -3.56. The smallest absolute Gasteiger partial charge is 0.208 e. The minimum absolute atomic E-state index is 0.104. The molecule has 0 aromatic heterocycles. The van der Waals surface area contributed by atoms with Crippen molar-refractivity contribution in [2.75, 3.05) is 5.75 Å². The van der Waals surface area contributed by atoms with E-state index in [-0.39, 0.29) is 18.1 Å². The van der Waals surface area contributed by atoms with Crippen molar-refractivity contribution in [1.29, 1.82) is 0 Å². The van der Waals surface area contributed by atoms with Crippen molar-refractivity contribution in [3.63, 3.8) is 0 Å². The molecule has 15 heavy (non-hydrogen) atoms. The minimum atomic E-state index is -3.56. The number of alkyl halides is 1. The molecule has 1 fully saturated rings. The van der Waals surface area contributed by atoms with Gasteiger partial charge in [0.2, 0.25) is 5.00 Å². The normalized spacial score (nSPS) is 23.7. The summed E-state index contributed by atoms with van der Waals surface area (Å²) >= 11 is 0. The highest BCUT2D eigenvalue weighted by Crippen LogP contribution is 2.35. The molecule has 0 N–H and O–H groups in total. The van der Waals surface area contributed by atoms with Crippen LogP contribution in [0.5, 0.6) is 0 Å². The van der Waals surface area contributed by atoms with E-state index in [1.165, 1.54) is 20.3 Å². The van der Waals surface area contributed by atoms with Crippen LogP contribution in [0.15, 0.2) is 0 Å². The van der Waals surface area contributed by atoms with Crippen molar-refractivity contribution >= 4 is 9.84 Å². The topological polar surface area (TPSA) is 34.1 Å². The van der Waals surface area contributed by atoms with Crippen molar-refractivity contribution < 1.29 is 12.8 Å². The second-order valence-corrected chi connectivity index (χ2v) is 7.37. The van der Waals surface area contributed by atoms with E-state index in [1.54, 1.807) is 0 Å². The fourth-order valence-electron chi connectivity index (χ4n) is 2.33. The molecule has 0 aromatic rings. The fraction of sp³-hybridized carbons (Fsp3) is 1.00. The van der Waals surface area contributed by atoms with Gasteiger partial charge in [-0.3, -0.25) is 0 Å². The Morgan fingerprint density at radius 3 is 2.27 bits per heavy atom. The lowest BCUT2D eigenvalue weighted by atomic mass is 9.86. The number of sulfone groups is 1. The molecular formula is C11H21FO2S. The quantitative estimate of drug-likeness (QED) is 0.751. The van der Waals surface area contributed by atoms with Crippen molar-refractivity contribution in [2.45, 2.75) is 57.4 Å². The Bertz CT molecular complexity index is 290. The Morgan fingerprint density at radius 2 is 1.80 bits per heavy atom. The highest BCUT2D eigenvalue weighted by molar-refractivity contribution is 7.92. The summed E-state index contributed by atoms with van der Waals surface area (Å²) in [4.78, 5) is 0. The SMILES string of the molecule is CCS(=O)(=O)C(C)(F)CC1CCCCC1. The monoisotopic (exact) mass is 236 g/mol. The maximum Gasteiger partial charge on any atom is 0.208 e. The highest BCUT2D eigenvalue weighted by atomic mass is 32.2. The molecule has 1 rings (SSSR count). The van der Waals surface area contributed by atoms with Crippen molar-refractivity contribution in [2.24, 2.45) is 5.92 Å². The average molecular weight is 236 g/mol. The third-order valence-corrected chi connectivity index (χ3v) is 5.63. The summed E-state index contributed by atoms with van der Waals surface area (Å²) in [6.07, 6.45) is 5.60. The number of hydrogen-bond acceptors (Lipinski definition) is 2. The largest absolute Gasteiger partial charge is 0.227 e. The first-order valence-electron chi connectivity index (χ1n) is 5.80. The molecule has 4 heteroatoms. The summed E-state index contributed by atoms with van der Waals surface area (Å²) in [5, 5.41) is -2.02. The van der Waals surface area contributed by atoms with E-state index in [4.69, 9.17) is 0 Å². The highest BCUT2D eigenvalue weighted by Gasteiger charge is 2.39. The Kier molecular flexibility index (Phi) is 4.15. The van der Waals surface area contributed by atoms with Gasteiger partial charge in [-0.15, -0.1) is 0 Å². The zero-order valence-electron chi connectivity index (χ0n) is 9.63. The molecule has 1 aliphatic carbocycles. The van der Waals surface area contributed by atoms with Crippen molar-refractivity contribution in [3.8, 4) is 0 Å². The molecule has 0 radical (unpaired) electrons. The van der Waals surface area contributed by atoms with Gasteiger partial charge in [-0.1, -0.05) is 39.0 Å². The van der Waals surface area contributed by atoms with Crippen molar-refractivity contribution in [1.82, 2.24) is 0 Å². The maximum atomic E-state index is 14.1. The van der Waals surface area contributed by atoms with E-state index in [9.17, 15) is 12.8 Å². The summed E-state index contributed by atoms with van der Waals surface area (Å²) in [6, 6.07) is 0. The maximum absolute atomic E-state index is 14.1. The second-order valence-electron chi connectivity index (χ2n) is 4.71. The first kappa shape index (κ1) is 12.9. The van der Waals surface area contributed by atoms with Crippen LogP contribution in [-0.2, 0) is 9.84 Å². The van der Waals surface area contributed by atoms with Crippen LogP contribution in [0.1, 0.15) is 52.4 Å². The van der Waals surface area contributed by atoms with Crippen LogP contribution in [0.25, 0.3) is 0 Å². The Balaban J connectivity index is 2.62. The summed E-state index contributed by atoms with van der Waals surface area (Å²) in [6.45, 7) is 2.73. The third kappa shape index (κ3) is 3.16. The fourth-order valence-corrected chi connectivity index (χ4v) is 3.43. The van der Waals surface area contributed by atoms with Gasteiger partial charge in [0.15, 0.2) is 9.84 Å². The summed E-state index contributed by atoms with van der Waals surface area (Å²) < 4.78 is 37.1. The standard InChI is InChI=1S/C11H21FO2S/c1-3-15(13,14)11(2,12)9-10-7-5-4-6-8-10/h10H,3-9H2,1-2H3. The van der Waals surface area contributed by atoms with Crippen LogP contribution in [0, 0.1) is 5.92 Å². The Hall–Kier alpha value is -0.120. The van der Waals surface area contributed by atoms with E-state index >= 15 is 0 Å². The van der Waals surface area contributed by atoms with Gasteiger partial charge in [-0.25, -0.2) is 12.8 Å². The molecule has 1 unspecified atom stereocenters. The van der Waals surface area contributed by atoms with E-state index < -0.39 is 14.8 Å². The van der Waals surface area contributed by atoms with E-state index in [0.717, 1.165) is 25.7 Å². The lowest BCUT2D eigenvalue weighted by Gasteiger charge is -2.28. The number of hydrogen-bond donors (Lipinski definition) is 0. The zero-order chi connectivity index (χ0) is 11.5. The van der Waals surface area contributed by atoms with Crippen molar-refractivity contribution in [3.05, 3.63) is 0 Å². The second kappa shape index (κ2) is 4.81. The van der Waals surface area contributed by atoms with Crippen LogP contribution < -0.4 is 0 Å². The molecule has 0 saturated heterocycles. The van der Waals surface area contributed by atoms with Gasteiger partial charge in [0.05, 0.1) is 5.75 Å². The van der Waals surface area contributed by atoms with Crippen LogP contribution >= 0.6 is 0 Å². The third-order valence-electron chi connectivity index (χ3n) is 3.41. The van der Waals surface area contributed by atoms with Crippen LogP contribution in [-0.4, -0.2) is 19.2 Å². The van der Waals surface area contributed by atoms with E-state index in [0.29, 0.717) is 0 Å². The van der Waals surface area contributed by atoms with E-state index in [2.05, 4.69) is 0 Å². The Morgan fingerprint density at radius 1 is 1.27 bits per heavy atom. The predicted octanol–water partition coefficient (Wildman–Crippen LogP) is 3.08. The zero-order valence-corrected chi connectivity index (χ0v) is 10.4. The lowest BCUT2D eigenvalue weighted by Crippen LogP contribution is -2.34.